The van der Waals surface area contributed by atoms with Crippen LogP contribution in [0.3, 0.4) is 0 Å². The number of hydrogen-bond donors (Lipinski definition) is 4. The first-order valence-corrected chi connectivity index (χ1v) is 11.2. The summed E-state index contributed by atoms with van der Waals surface area (Å²) >= 11 is 0. The van der Waals surface area contributed by atoms with Crippen molar-refractivity contribution in [1.82, 2.24) is 5.32 Å². The van der Waals surface area contributed by atoms with Crippen LogP contribution in [-0.4, -0.2) is 28.2 Å². The molecule has 2 atom stereocenters. The number of carbonyl (C=O) groups excluding carboxylic acids is 2. The van der Waals surface area contributed by atoms with Gasteiger partial charge in [-0.25, -0.2) is 9.18 Å². The summed E-state index contributed by atoms with van der Waals surface area (Å²) in [6.45, 7) is 0. The Labute approximate surface area is 186 Å². The monoisotopic (exact) mass is 437 g/mol. The first-order chi connectivity index (χ1) is 15.3. The van der Waals surface area contributed by atoms with Crippen LogP contribution in [0.25, 0.3) is 0 Å². The third-order valence-electron chi connectivity index (χ3n) is 7.13. The molecule has 32 heavy (non-hydrogen) atoms. The molecule has 7 heteroatoms. The molecule has 4 saturated carbocycles. The first-order valence-electron chi connectivity index (χ1n) is 11.2. The third kappa shape index (κ3) is 4.35. The van der Waals surface area contributed by atoms with E-state index in [0.29, 0.717) is 23.9 Å². The van der Waals surface area contributed by atoms with Gasteiger partial charge < -0.3 is 21.1 Å². The van der Waals surface area contributed by atoms with Crippen molar-refractivity contribution >= 4 is 23.3 Å². The molecule has 4 aliphatic carbocycles. The second-order valence-electron chi connectivity index (χ2n) is 9.95. The number of urea groups is 1. The number of halogens is 1. The summed E-state index contributed by atoms with van der Waals surface area (Å²) in [4.78, 5) is 24.9. The Morgan fingerprint density at radius 2 is 1.66 bits per heavy atom. The number of anilines is 2. The Hall–Kier alpha value is -2.93. The van der Waals surface area contributed by atoms with Gasteiger partial charge in [-0.1, -0.05) is 24.3 Å². The summed E-state index contributed by atoms with van der Waals surface area (Å²) < 4.78 is 13.7. The number of hydrogen-bond acceptors (Lipinski definition) is 3. The summed E-state index contributed by atoms with van der Waals surface area (Å²) in [5.41, 5.74) is 0.606. The average Bonchev–Trinajstić information content (AvgIpc) is 2.69. The summed E-state index contributed by atoms with van der Waals surface area (Å²) in [5, 5.41) is 19.5. The van der Waals surface area contributed by atoms with E-state index in [4.69, 9.17) is 0 Å². The maximum atomic E-state index is 13.7. The molecule has 0 radical (unpaired) electrons. The SMILES string of the molecule is O=C(Cc1ccc(NC(=O)NC23CC4CC(CC(O)(C4)C2)C3)cc1)Nc1ccccc1F. The highest BCUT2D eigenvalue weighted by molar-refractivity contribution is 5.93. The summed E-state index contributed by atoms with van der Waals surface area (Å²) in [5.74, 6) is 0.207. The van der Waals surface area contributed by atoms with E-state index in [1.807, 2.05) is 0 Å². The quantitative estimate of drug-likeness (QED) is 0.565. The lowest BCUT2D eigenvalue weighted by molar-refractivity contribution is -0.138. The van der Waals surface area contributed by atoms with Crippen molar-refractivity contribution in [2.75, 3.05) is 10.6 Å². The number of carbonyl (C=O) groups is 2. The molecule has 4 fully saturated rings. The molecule has 0 aliphatic heterocycles. The van der Waals surface area contributed by atoms with Crippen LogP contribution in [0.1, 0.15) is 44.1 Å². The number of nitrogens with one attached hydrogen (secondary N) is 3. The van der Waals surface area contributed by atoms with Gasteiger partial charge in [0.05, 0.1) is 17.7 Å². The van der Waals surface area contributed by atoms with Gasteiger partial charge in [0.2, 0.25) is 5.91 Å². The molecule has 6 nitrogen and oxygen atoms in total. The standard InChI is InChI=1S/C25H28FN3O3/c26-20-3-1-2-4-21(20)28-22(30)10-16-5-7-19(8-6-16)27-23(31)29-24-11-17-9-18(12-24)14-25(32,13-17)15-24/h1-8,17-18,32H,9-15H2,(H,28,30)(H2,27,29,31). The molecule has 4 bridgehead atoms. The van der Waals surface area contributed by atoms with Gasteiger partial charge in [-0.05, 0) is 80.2 Å². The van der Waals surface area contributed by atoms with Crippen LogP contribution in [0.5, 0.6) is 0 Å². The molecule has 4 aliphatic rings. The molecular formula is C25H28FN3O3. The Balaban J connectivity index is 1.16. The van der Waals surface area contributed by atoms with E-state index in [-0.39, 0.29) is 29.6 Å². The van der Waals surface area contributed by atoms with E-state index in [1.165, 1.54) is 18.6 Å². The molecular weight excluding hydrogens is 409 g/mol. The molecule has 2 aromatic carbocycles. The van der Waals surface area contributed by atoms with Crippen LogP contribution in [0, 0.1) is 17.7 Å². The summed E-state index contributed by atoms with van der Waals surface area (Å²) in [7, 11) is 0. The van der Waals surface area contributed by atoms with E-state index >= 15 is 0 Å². The maximum absolute atomic E-state index is 13.7. The number of para-hydroxylation sites is 1. The molecule has 6 rings (SSSR count). The molecule has 2 aromatic rings. The van der Waals surface area contributed by atoms with Crippen molar-refractivity contribution in [2.45, 2.75) is 56.1 Å². The lowest BCUT2D eigenvalue weighted by atomic mass is 9.51. The van der Waals surface area contributed by atoms with Gasteiger partial charge in [0, 0.05) is 11.2 Å². The molecule has 0 spiro atoms. The minimum atomic E-state index is -0.623. The Kier molecular flexibility index (Phi) is 5.16. The fraction of sp³-hybridized carbons (Fsp3) is 0.440. The van der Waals surface area contributed by atoms with Crippen molar-refractivity contribution in [3.8, 4) is 0 Å². The number of aliphatic hydroxyl groups is 1. The Bertz CT molecular complexity index is 1020. The largest absolute Gasteiger partial charge is 0.390 e. The molecule has 4 N–H and O–H groups in total. The predicted molar refractivity (Wildman–Crippen MR) is 120 cm³/mol. The van der Waals surface area contributed by atoms with Crippen LogP contribution in [-0.2, 0) is 11.2 Å². The lowest BCUT2D eigenvalue weighted by Gasteiger charge is -2.60. The highest BCUT2D eigenvalue weighted by Gasteiger charge is 2.57. The zero-order valence-corrected chi connectivity index (χ0v) is 17.9. The highest BCUT2D eigenvalue weighted by Crippen LogP contribution is 2.57. The first kappa shape index (κ1) is 20.9. The zero-order chi connectivity index (χ0) is 22.3. The molecule has 2 unspecified atom stereocenters. The van der Waals surface area contributed by atoms with Crippen molar-refractivity contribution in [3.05, 3.63) is 59.9 Å². The molecule has 0 heterocycles. The smallest absolute Gasteiger partial charge is 0.319 e. The van der Waals surface area contributed by atoms with E-state index in [9.17, 15) is 19.1 Å². The van der Waals surface area contributed by atoms with Gasteiger partial charge in [-0.2, -0.15) is 0 Å². The molecule has 3 amide bonds. The van der Waals surface area contributed by atoms with E-state index < -0.39 is 11.4 Å². The summed E-state index contributed by atoms with van der Waals surface area (Å²) in [6, 6.07) is 12.8. The normalized spacial score (nSPS) is 30.1. The minimum absolute atomic E-state index is 0.102. The van der Waals surface area contributed by atoms with Crippen LogP contribution in [0.15, 0.2) is 48.5 Å². The van der Waals surface area contributed by atoms with Crippen molar-refractivity contribution < 1.29 is 19.1 Å². The topological polar surface area (TPSA) is 90.5 Å². The lowest BCUT2D eigenvalue weighted by Crippen LogP contribution is -2.65. The van der Waals surface area contributed by atoms with Crippen molar-refractivity contribution in [1.29, 1.82) is 0 Å². The fourth-order valence-electron chi connectivity index (χ4n) is 6.41. The van der Waals surface area contributed by atoms with Gasteiger partial charge in [-0.15, -0.1) is 0 Å². The van der Waals surface area contributed by atoms with Gasteiger partial charge >= 0.3 is 6.03 Å². The number of rotatable bonds is 5. The minimum Gasteiger partial charge on any atom is -0.390 e. The number of benzene rings is 2. The van der Waals surface area contributed by atoms with Crippen LogP contribution < -0.4 is 16.0 Å². The maximum Gasteiger partial charge on any atom is 0.319 e. The Morgan fingerprint density at radius 1 is 0.969 bits per heavy atom. The van der Waals surface area contributed by atoms with Gasteiger partial charge in [0.25, 0.3) is 0 Å². The highest BCUT2D eigenvalue weighted by atomic mass is 19.1. The molecule has 168 valence electrons. The van der Waals surface area contributed by atoms with Crippen molar-refractivity contribution in [2.24, 2.45) is 11.8 Å². The van der Waals surface area contributed by atoms with Crippen molar-refractivity contribution in [3.63, 3.8) is 0 Å². The molecule has 0 aromatic heterocycles. The van der Waals surface area contributed by atoms with E-state index in [1.54, 1.807) is 36.4 Å². The predicted octanol–water partition coefficient (Wildman–Crippen LogP) is 4.21. The summed E-state index contributed by atoms with van der Waals surface area (Å²) in [6.07, 6.45) is 5.51. The van der Waals surface area contributed by atoms with E-state index in [2.05, 4.69) is 16.0 Å². The van der Waals surface area contributed by atoms with Gasteiger partial charge in [0.1, 0.15) is 5.82 Å². The Morgan fingerprint density at radius 3 is 2.31 bits per heavy atom. The van der Waals surface area contributed by atoms with Gasteiger partial charge in [-0.3, -0.25) is 4.79 Å². The average molecular weight is 438 g/mol. The van der Waals surface area contributed by atoms with Gasteiger partial charge in [0.15, 0.2) is 0 Å². The zero-order valence-electron chi connectivity index (χ0n) is 17.9. The van der Waals surface area contributed by atoms with Crippen LogP contribution >= 0.6 is 0 Å². The second-order valence-corrected chi connectivity index (χ2v) is 9.95. The van der Waals surface area contributed by atoms with E-state index in [0.717, 1.165) is 31.2 Å². The molecule has 0 saturated heterocycles. The fourth-order valence-corrected chi connectivity index (χ4v) is 6.41. The third-order valence-corrected chi connectivity index (χ3v) is 7.13. The second kappa shape index (κ2) is 7.89. The van der Waals surface area contributed by atoms with Crippen LogP contribution in [0.4, 0.5) is 20.6 Å². The number of amides is 3. The van der Waals surface area contributed by atoms with Crippen LogP contribution in [0.2, 0.25) is 0 Å².